The van der Waals surface area contributed by atoms with Gasteiger partial charge in [-0.1, -0.05) is 6.92 Å². The van der Waals surface area contributed by atoms with Crippen molar-refractivity contribution in [2.45, 2.75) is 36.2 Å². The lowest BCUT2D eigenvalue weighted by Gasteiger charge is -2.16. The molecule has 0 unspecified atom stereocenters. The van der Waals surface area contributed by atoms with Crippen LogP contribution in [0, 0.1) is 12.8 Å². The van der Waals surface area contributed by atoms with Gasteiger partial charge in [0.1, 0.15) is 5.75 Å². The van der Waals surface area contributed by atoms with Crippen LogP contribution in [0.1, 0.15) is 24.5 Å². The molecule has 8 heteroatoms. The first-order valence-corrected chi connectivity index (χ1v) is 11.0. The molecule has 1 N–H and O–H groups in total. The lowest BCUT2D eigenvalue weighted by molar-refractivity contribution is -0.137. The van der Waals surface area contributed by atoms with Gasteiger partial charge in [0.15, 0.2) is 0 Å². The number of thioether (sulfide) groups is 2. The van der Waals surface area contributed by atoms with Crippen molar-refractivity contribution in [2.75, 3.05) is 18.1 Å². The molecule has 0 saturated carbocycles. The zero-order valence-electron chi connectivity index (χ0n) is 16.2. The Labute approximate surface area is 177 Å². The number of ether oxygens (including phenoxy) is 1. The molecule has 0 fully saturated rings. The molecule has 0 aromatic heterocycles. The van der Waals surface area contributed by atoms with Crippen molar-refractivity contribution in [2.24, 2.45) is 5.92 Å². The van der Waals surface area contributed by atoms with Crippen molar-refractivity contribution in [3.05, 3.63) is 53.6 Å². The SMILES string of the molecule is CC[C@H](COc1ccc(C(F)(F)F)cc1)CSc1ccc(SCC(=O)O)c(C)c1. The number of aryl methyl sites for hydroxylation is 1. The van der Waals surface area contributed by atoms with Gasteiger partial charge in [0.05, 0.1) is 17.9 Å². The maximum absolute atomic E-state index is 12.6. The number of rotatable bonds is 10. The molecular weight excluding hydrogens is 421 g/mol. The number of hydrogen-bond donors (Lipinski definition) is 1. The van der Waals surface area contributed by atoms with Crippen molar-refractivity contribution < 1.29 is 27.8 Å². The molecule has 0 bridgehead atoms. The van der Waals surface area contributed by atoms with E-state index < -0.39 is 17.7 Å². The van der Waals surface area contributed by atoms with Crippen LogP contribution in [0.3, 0.4) is 0 Å². The summed E-state index contributed by atoms with van der Waals surface area (Å²) in [7, 11) is 0. The molecule has 1 atom stereocenters. The first-order chi connectivity index (χ1) is 13.7. The second-order valence-electron chi connectivity index (χ2n) is 6.53. The molecule has 0 aliphatic rings. The smallest absolute Gasteiger partial charge is 0.416 e. The van der Waals surface area contributed by atoms with E-state index in [0.717, 1.165) is 39.7 Å². The Kier molecular flexibility index (Phi) is 8.77. The van der Waals surface area contributed by atoms with Gasteiger partial charge in [-0.15, -0.1) is 23.5 Å². The van der Waals surface area contributed by atoms with E-state index in [9.17, 15) is 18.0 Å². The van der Waals surface area contributed by atoms with E-state index in [4.69, 9.17) is 9.84 Å². The van der Waals surface area contributed by atoms with Crippen LogP contribution in [0.15, 0.2) is 52.3 Å². The van der Waals surface area contributed by atoms with Crippen LogP contribution in [0.25, 0.3) is 0 Å². The Morgan fingerprint density at radius 2 is 1.83 bits per heavy atom. The van der Waals surface area contributed by atoms with E-state index in [0.29, 0.717) is 12.4 Å². The maximum Gasteiger partial charge on any atom is 0.416 e. The fourth-order valence-corrected chi connectivity index (χ4v) is 4.38. The number of carboxylic acid groups (broad SMARTS) is 1. The van der Waals surface area contributed by atoms with Crippen LogP contribution in [-0.2, 0) is 11.0 Å². The third-order valence-electron chi connectivity index (χ3n) is 4.23. The van der Waals surface area contributed by atoms with Crippen LogP contribution in [-0.4, -0.2) is 29.2 Å². The van der Waals surface area contributed by atoms with Crippen LogP contribution in [0.4, 0.5) is 13.2 Å². The molecule has 0 radical (unpaired) electrons. The average molecular weight is 445 g/mol. The Morgan fingerprint density at radius 3 is 2.38 bits per heavy atom. The highest BCUT2D eigenvalue weighted by Gasteiger charge is 2.30. The zero-order valence-corrected chi connectivity index (χ0v) is 17.8. The van der Waals surface area contributed by atoms with Crippen LogP contribution in [0.2, 0.25) is 0 Å². The molecule has 0 spiro atoms. The number of carboxylic acids is 1. The molecule has 0 heterocycles. The van der Waals surface area contributed by atoms with E-state index in [1.54, 1.807) is 11.8 Å². The Hall–Kier alpha value is -1.80. The predicted octanol–water partition coefficient (Wildman–Crippen LogP) is 6.39. The van der Waals surface area contributed by atoms with Gasteiger partial charge in [-0.2, -0.15) is 13.2 Å². The van der Waals surface area contributed by atoms with Gasteiger partial charge in [0.25, 0.3) is 0 Å². The molecule has 0 aliphatic heterocycles. The zero-order chi connectivity index (χ0) is 21.4. The van der Waals surface area contributed by atoms with Crippen LogP contribution in [0.5, 0.6) is 5.75 Å². The number of hydrogen-bond acceptors (Lipinski definition) is 4. The number of benzene rings is 2. The molecule has 158 valence electrons. The van der Waals surface area contributed by atoms with Crippen molar-refractivity contribution in [3.8, 4) is 5.75 Å². The summed E-state index contributed by atoms with van der Waals surface area (Å²) in [6, 6.07) is 10.7. The molecule has 29 heavy (non-hydrogen) atoms. The van der Waals surface area contributed by atoms with Crippen LogP contribution < -0.4 is 4.74 Å². The Bertz CT molecular complexity index is 808. The Morgan fingerprint density at radius 1 is 1.14 bits per heavy atom. The highest BCUT2D eigenvalue weighted by Crippen LogP contribution is 2.31. The number of alkyl halides is 3. The molecule has 0 saturated heterocycles. The average Bonchev–Trinajstić information content (AvgIpc) is 2.67. The first kappa shape index (κ1) is 23.5. The number of carbonyl (C=O) groups is 1. The third-order valence-corrected chi connectivity index (χ3v) is 6.61. The fraction of sp³-hybridized carbons (Fsp3) is 0.381. The maximum atomic E-state index is 12.6. The first-order valence-electron chi connectivity index (χ1n) is 9.07. The van der Waals surface area contributed by atoms with Crippen molar-refractivity contribution in [3.63, 3.8) is 0 Å². The summed E-state index contributed by atoms with van der Waals surface area (Å²) in [5.74, 6) is 0.692. The molecular formula is C21H23F3O3S2. The molecule has 2 aromatic carbocycles. The molecule has 2 aromatic rings. The largest absolute Gasteiger partial charge is 0.493 e. The standard InChI is InChI=1S/C21H23F3O3S2/c1-3-15(11-27-17-6-4-16(5-7-17)21(22,23)24)12-28-18-8-9-19(14(2)10-18)29-13-20(25)26/h4-10,15H,3,11-13H2,1-2H3,(H,25,26)/t15-/m1/s1. The quantitative estimate of drug-likeness (QED) is 0.430. The van der Waals surface area contributed by atoms with E-state index in [-0.39, 0.29) is 11.7 Å². The van der Waals surface area contributed by atoms with Gasteiger partial charge in [0.2, 0.25) is 0 Å². The van der Waals surface area contributed by atoms with E-state index in [1.807, 2.05) is 25.1 Å². The van der Waals surface area contributed by atoms with Gasteiger partial charge in [-0.3, -0.25) is 4.79 Å². The minimum absolute atomic E-state index is 0.0343. The van der Waals surface area contributed by atoms with E-state index in [2.05, 4.69) is 6.92 Å². The van der Waals surface area contributed by atoms with Gasteiger partial charge < -0.3 is 9.84 Å². The second-order valence-corrected chi connectivity index (χ2v) is 8.64. The predicted molar refractivity (Wildman–Crippen MR) is 111 cm³/mol. The summed E-state index contributed by atoms with van der Waals surface area (Å²) in [4.78, 5) is 12.7. The summed E-state index contributed by atoms with van der Waals surface area (Å²) >= 11 is 2.99. The molecule has 0 aliphatic carbocycles. The van der Waals surface area contributed by atoms with E-state index in [1.165, 1.54) is 23.9 Å². The minimum atomic E-state index is -4.35. The van der Waals surface area contributed by atoms with Crippen molar-refractivity contribution in [1.82, 2.24) is 0 Å². The lowest BCUT2D eigenvalue weighted by Crippen LogP contribution is -2.14. The fourth-order valence-electron chi connectivity index (χ4n) is 2.47. The van der Waals surface area contributed by atoms with Gasteiger partial charge >= 0.3 is 12.1 Å². The van der Waals surface area contributed by atoms with Gasteiger partial charge in [-0.05, 0) is 61.4 Å². The highest BCUT2D eigenvalue weighted by molar-refractivity contribution is 8.00. The van der Waals surface area contributed by atoms with Crippen LogP contribution >= 0.6 is 23.5 Å². The normalized spacial score (nSPS) is 12.6. The lowest BCUT2D eigenvalue weighted by atomic mass is 10.1. The van der Waals surface area contributed by atoms with Gasteiger partial charge in [0, 0.05) is 21.5 Å². The number of aliphatic carboxylic acids is 1. The minimum Gasteiger partial charge on any atom is -0.493 e. The molecule has 2 rings (SSSR count). The summed E-state index contributed by atoms with van der Waals surface area (Å²) in [5.41, 5.74) is 0.350. The topological polar surface area (TPSA) is 46.5 Å². The van der Waals surface area contributed by atoms with Crippen molar-refractivity contribution in [1.29, 1.82) is 0 Å². The third kappa shape index (κ3) is 7.85. The number of halogens is 3. The summed E-state index contributed by atoms with van der Waals surface area (Å²) in [6.07, 6.45) is -3.46. The Balaban J connectivity index is 1.85. The summed E-state index contributed by atoms with van der Waals surface area (Å²) in [5, 5.41) is 8.79. The highest BCUT2D eigenvalue weighted by atomic mass is 32.2. The summed E-state index contributed by atoms with van der Waals surface area (Å²) in [6.45, 7) is 4.44. The molecule has 0 amide bonds. The van der Waals surface area contributed by atoms with Crippen molar-refractivity contribution >= 4 is 29.5 Å². The van der Waals surface area contributed by atoms with Gasteiger partial charge in [-0.25, -0.2) is 0 Å². The second kappa shape index (κ2) is 10.8. The van der Waals surface area contributed by atoms with E-state index >= 15 is 0 Å². The molecule has 3 nitrogen and oxygen atoms in total. The summed E-state index contributed by atoms with van der Waals surface area (Å²) < 4.78 is 43.5. The monoisotopic (exact) mass is 444 g/mol.